The van der Waals surface area contributed by atoms with Gasteiger partial charge in [-0.25, -0.2) is 4.98 Å². The van der Waals surface area contributed by atoms with E-state index in [0.29, 0.717) is 20.2 Å². The summed E-state index contributed by atoms with van der Waals surface area (Å²) in [7, 11) is 0. The summed E-state index contributed by atoms with van der Waals surface area (Å²) in [5.41, 5.74) is 6.42. The molecule has 3 rings (SSSR count). The van der Waals surface area contributed by atoms with Crippen LogP contribution in [0.1, 0.15) is 12.5 Å². The van der Waals surface area contributed by atoms with Crippen LogP contribution in [0.15, 0.2) is 52.9 Å². The fraction of sp³-hybridized carbons (Fsp3) is 0.0588. The fourth-order valence-corrected chi connectivity index (χ4v) is 3.32. The van der Waals surface area contributed by atoms with E-state index in [1.54, 1.807) is 12.1 Å². The lowest BCUT2D eigenvalue weighted by Crippen LogP contribution is -1.99. The van der Waals surface area contributed by atoms with Gasteiger partial charge in [0.25, 0.3) is 0 Å². The molecular formula is C17H12Cl3N3S. The Morgan fingerprint density at radius 3 is 2.46 bits per heavy atom. The Morgan fingerprint density at radius 1 is 1.04 bits per heavy atom. The first-order valence-corrected chi connectivity index (χ1v) is 9.01. The number of aromatic nitrogens is 1. The van der Waals surface area contributed by atoms with E-state index in [-0.39, 0.29) is 0 Å². The minimum Gasteiger partial charge on any atom is -0.252 e. The molecule has 1 heterocycles. The molecule has 122 valence electrons. The maximum atomic E-state index is 6.22. The van der Waals surface area contributed by atoms with Crippen LogP contribution in [0.25, 0.3) is 11.3 Å². The largest absolute Gasteiger partial charge is 0.252 e. The van der Waals surface area contributed by atoms with E-state index in [9.17, 15) is 0 Å². The number of rotatable bonds is 4. The van der Waals surface area contributed by atoms with Crippen molar-refractivity contribution in [1.82, 2.24) is 4.98 Å². The van der Waals surface area contributed by atoms with E-state index >= 15 is 0 Å². The van der Waals surface area contributed by atoms with Gasteiger partial charge in [-0.3, -0.25) is 5.43 Å². The van der Waals surface area contributed by atoms with Crippen molar-refractivity contribution in [2.45, 2.75) is 6.92 Å². The Labute approximate surface area is 158 Å². The van der Waals surface area contributed by atoms with Crippen LogP contribution in [0.5, 0.6) is 0 Å². The average molecular weight is 397 g/mol. The van der Waals surface area contributed by atoms with Crippen molar-refractivity contribution in [3.63, 3.8) is 0 Å². The predicted molar refractivity (Wildman–Crippen MR) is 105 cm³/mol. The maximum absolute atomic E-state index is 6.22. The summed E-state index contributed by atoms with van der Waals surface area (Å²) in [6.45, 7) is 1.92. The summed E-state index contributed by atoms with van der Waals surface area (Å²) in [4.78, 5) is 4.50. The Hall–Kier alpha value is -1.59. The van der Waals surface area contributed by atoms with Crippen molar-refractivity contribution >= 4 is 57.0 Å². The second-order valence-electron chi connectivity index (χ2n) is 4.98. The Balaban J connectivity index is 1.76. The number of hydrogen-bond donors (Lipinski definition) is 1. The number of nitrogens with one attached hydrogen (secondary N) is 1. The molecule has 0 aliphatic heterocycles. The van der Waals surface area contributed by atoms with Crippen molar-refractivity contribution in [3.05, 3.63) is 68.5 Å². The molecule has 1 aromatic heterocycles. The monoisotopic (exact) mass is 395 g/mol. The van der Waals surface area contributed by atoms with Gasteiger partial charge in [0, 0.05) is 21.0 Å². The van der Waals surface area contributed by atoms with Gasteiger partial charge < -0.3 is 0 Å². The fourth-order valence-electron chi connectivity index (χ4n) is 2.03. The third kappa shape index (κ3) is 4.08. The molecule has 0 unspecified atom stereocenters. The summed E-state index contributed by atoms with van der Waals surface area (Å²) in [6.07, 6.45) is 0. The van der Waals surface area contributed by atoms with Crippen molar-refractivity contribution in [3.8, 4) is 11.3 Å². The molecule has 0 aliphatic carbocycles. The molecule has 0 saturated carbocycles. The average Bonchev–Trinajstić information content (AvgIpc) is 3.02. The van der Waals surface area contributed by atoms with Crippen LogP contribution in [0.4, 0.5) is 5.13 Å². The number of halogens is 3. The molecule has 0 amide bonds. The van der Waals surface area contributed by atoms with Gasteiger partial charge in [0.15, 0.2) is 0 Å². The number of thiazole rings is 1. The van der Waals surface area contributed by atoms with Gasteiger partial charge >= 0.3 is 0 Å². The SMILES string of the molecule is C/C(=N/Nc1nc(-c2ccc(Cl)cc2Cl)cs1)c1ccc(Cl)cc1. The third-order valence-corrected chi connectivity index (χ3v) is 4.84. The van der Waals surface area contributed by atoms with Crippen molar-refractivity contribution in [2.75, 3.05) is 5.43 Å². The van der Waals surface area contributed by atoms with Gasteiger partial charge in [0.05, 0.1) is 16.4 Å². The van der Waals surface area contributed by atoms with Crippen LogP contribution >= 0.6 is 46.1 Å². The van der Waals surface area contributed by atoms with Crippen LogP contribution in [0.3, 0.4) is 0 Å². The lowest BCUT2D eigenvalue weighted by Gasteiger charge is -2.02. The molecule has 0 aliphatic rings. The van der Waals surface area contributed by atoms with Crippen LogP contribution < -0.4 is 5.43 Å². The van der Waals surface area contributed by atoms with Crippen LogP contribution in [-0.2, 0) is 0 Å². The second-order valence-corrected chi connectivity index (χ2v) is 7.12. The number of benzene rings is 2. The highest BCUT2D eigenvalue weighted by atomic mass is 35.5. The zero-order chi connectivity index (χ0) is 17.1. The molecular weight excluding hydrogens is 385 g/mol. The maximum Gasteiger partial charge on any atom is 0.203 e. The zero-order valence-electron chi connectivity index (χ0n) is 12.6. The van der Waals surface area contributed by atoms with Crippen molar-refractivity contribution in [1.29, 1.82) is 0 Å². The van der Waals surface area contributed by atoms with Gasteiger partial charge in [-0.05, 0) is 42.8 Å². The van der Waals surface area contributed by atoms with Crippen LogP contribution in [-0.4, -0.2) is 10.7 Å². The molecule has 0 fully saturated rings. The first kappa shape index (κ1) is 17.2. The third-order valence-electron chi connectivity index (χ3n) is 3.29. The number of hydrazone groups is 1. The van der Waals surface area contributed by atoms with Gasteiger partial charge in [0.2, 0.25) is 5.13 Å². The minimum atomic E-state index is 0.570. The normalized spacial score (nSPS) is 11.6. The van der Waals surface area contributed by atoms with Crippen LogP contribution in [0, 0.1) is 0 Å². The summed E-state index contributed by atoms with van der Waals surface area (Å²) in [6, 6.07) is 12.9. The highest BCUT2D eigenvalue weighted by Gasteiger charge is 2.09. The highest BCUT2D eigenvalue weighted by molar-refractivity contribution is 7.14. The molecule has 0 radical (unpaired) electrons. The Bertz CT molecular complexity index is 888. The molecule has 3 aromatic rings. The quantitative estimate of drug-likeness (QED) is 0.398. The molecule has 24 heavy (non-hydrogen) atoms. The molecule has 0 spiro atoms. The van der Waals surface area contributed by atoms with Gasteiger partial charge in [-0.1, -0.05) is 46.9 Å². The molecule has 0 bridgehead atoms. The molecule has 0 atom stereocenters. The first-order valence-electron chi connectivity index (χ1n) is 7.00. The molecule has 7 heteroatoms. The van der Waals surface area contributed by atoms with Gasteiger partial charge in [-0.2, -0.15) is 5.10 Å². The standard InChI is InChI=1S/C17H12Cl3N3S/c1-10(11-2-4-12(18)5-3-11)22-23-17-21-16(9-24-17)14-7-6-13(19)8-15(14)20/h2-9H,1H3,(H,21,23)/b22-10-. The van der Waals surface area contributed by atoms with Gasteiger partial charge in [0.1, 0.15) is 0 Å². The highest BCUT2D eigenvalue weighted by Crippen LogP contribution is 2.32. The lowest BCUT2D eigenvalue weighted by molar-refractivity contribution is 1.27. The zero-order valence-corrected chi connectivity index (χ0v) is 15.6. The summed E-state index contributed by atoms with van der Waals surface area (Å²) < 4.78 is 0. The Kier molecular flexibility index (Phi) is 5.41. The molecule has 0 saturated heterocycles. The number of nitrogens with zero attached hydrogens (tertiary/aromatic N) is 2. The Morgan fingerprint density at radius 2 is 1.75 bits per heavy atom. The smallest absolute Gasteiger partial charge is 0.203 e. The van der Waals surface area contributed by atoms with E-state index in [0.717, 1.165) is 22.5 Å². The summed E-state index contributed by atoms with van der Waals surface area (Å²) >= 11 is 19.5. The van der Waals surface area contributed by atoms with Gasteiger partial charge in [-0.15, -0.1) is 11.3 Å². The van der Waals surface area contributed by atoms with E-state index in [1.165, 1.54) is 11.3 Å². The number of hydrogen-bond acceptors (Lipinski definition) is 4. The topological polar surface area (TPSA) is 37.3 Å². The van der Waals surface area contributed by atoms with E-state index in [1.807, 2.05) is 42.6 Å². The second kappa shape index (κ2) is 7.53. The molecule has 1 N–H and O–H groups in total. The van der Waals surface area contributed by atoms with Crippen molar-refractivity contribution in [2.24, 2.45) is 5.10 Å². The van der Waals surface area contributed by atoms with Crippen LogP contribution in [0.2, 0.25) is 15.1 Å². The van der Waals surface area contributed by atoms with E-state index < -0.39 is 0 Å². The molecule has 2 aromatic carbocycles. The first-order chi connectivity index (χ1) is 11.5. The van der Waals surface area contributed by atoms with E-state index in [4.69, 9.17) is 34.8 Å². The number of anilines is 1. The lowest BCUT2D eigenvalue weighted by atomic mass is 10.1. The van der Waals surface area contributed by atoms with E-state index in [2.05, 4.69) is 15.5 Å². The predicted octanol–water partition coefficient (Wildman–Crippen LogP) is 6.61. The summed E-state index contributed by atoms with van der Waals surface area (Å²) in [5.74, 6) is 0. The van der Waals surface area contributed by atoms with Crippen molar-refractivity contribution < 1.29 is 0 Å². The minimum absolute atomic E-state index is 0.570. The molecule has 3 nitrogen and oxygen atoms in total. The summed E-state index contributed by atoms with van der Waals surface area (Å²) in [5, 5.41) is 8.83.